The van der Waals surface area contributed by atoms with Crippen LogP contribution in [0.2, 0.25) is 0 Å². The first kappa shape index (κ1) is 6.95. The van der Waals surface area contributed by atoms with Crippen LogP contribution in [0.25, 0.3) is 0 Å². The summed E-state index contributed by atoms with van der Waals surface area (Å²) in [6.45, 7) is 0.0712. The number of quaternary nitrogens is 1. The van der Waals surface area contributed by atoms with Crippen molar-refractivity contribution in [3.63, 3.8) is 0 Å². The molecule has 1 aliphatic rings. The van der Waals surface area contributed by atoms with Crippen molar-refractivity contribution in [2.24, 2.45) is 5.73 Å². The third-order valence-electron chi connectivity index (χ3n) is 1.85. The minimum atomic E-state index is -0.402. The molecule has 0 aliphatic heterocycles. The molecule has 3 atom stereocenters. The number of nitrogens with two attached hydrogens (primary N) is 1. The van der Waals surface area contributed by atoms with E-state index in [-0.39, 0.29) is 17.8 Å². The van der Waals surface area contributed by atoms with E-state index in [2.05, 4.69) is 0 Å². The van der Waals surface area contributed by atoms with Gasteiger partial charge in [0.1, 0.15) is 18.8 Å². The lowest BCUT2D eigenvalue weighted by molar-refractivity contribution is -0.886. The third-order valence-corrected chi connectivity index (χ3v) is 1.85. The van der Waals surface area contributed by atoms with Crippen LogP contribution in [0, 0.1) is 5.21 Å². The Morgan fingerprint density at radius 2 is 2.33 bits per heavy atom. The average molecular weight is 132 g/mol. The van der Waals surface area contributed by atoms with Crippen molar-refractivity contribution in [2.75, 3.05) is 6.67 Å². The van der Waals surface area contributed by atoms with E-state index in [9.17, 15) is 5.21 Å². The van der Waals surface area contributed by atoms with Crippen molar-refractivity contribution >= 4 is 0 Å². The lowest BCUT2D eigenvalue weighted by Gasteiger charge is -2.39. The molecule has 1 saturated carbocycles. The molecule has 0 bridgehead atoms. The molecule has 0 amide bonds. The maximum atomic E-state index is 10.7. The van der Waals surface area contributed by atoms with E-state index in [1.165, 1.54) is 0 Å². The standard InChI is InChI=1S/C5H12N2O2/c6-3-7(9)4-1-2-5(4)8/h4-5,7-8H,1-3,6H2. The van der Waals surface area contributed by atoms with Gasteiger partial charge >= 0.3 is 0 Å². The van der Waals surface area contributed by atoms with Gasteiger partial charge in [-0.05, 0) is 6.42 Å². The summed E-state index contributed by atoms with van der Waals surface area (Å²) in [5.41, 5.74) is 5.08. The van der Waals surface area contributed by atoms with Gasteiger partial charge in [0.15, 0.2) is 0 Å². The van der Waals surface area contributed by atoms with Crippen molar-refractivity contribution in [3.05, 3.63) is 5.21 Å². The Hall–Kier alpha value is -0.160. The Kier molecular flexibility index (Phi) is 2.02. The highest BCUT2D eigenvalue weighted by molar-refractivity contribution is 4.79. The summed E-state index contributed by atoms with van der Waals surface area (Å²) in [6, 6.07) is -0.144. The number of hydrogen-bond acceptors (Lipinski definition) is 3. The molecule has 54 valence electrons. The van der Waals surface area contributed by atoms with Gasteiger partial charge in [0.2, 0.25) is 0 Å². The van der Waals surface area contributed by atoms with Gasteiger partial charge in [0, 0.05) is 6.42 Å². The summed E-state index contributed by atoms with van der Waals surface area (Å²) >= 11 is 0. The molecule has 0 aromatic carbocycles. The molecule has 3 unspecified atom stereocenters. The molecule has 4 nitrogen and oxygen atoms in total. The van der Waals surface area contributed by atoms with Crippen molar-refractivity contribution in [2.45, 2.75) is 25.0 Å². The highest BCUT2D eigenvalue weighted by Gasteiger charge is 2.33. The lowest BCUT2D eigenvalue weighted by Crippen LogP contribution is -3.15. The Morgan fingerprint density at radius 1 is 1.67 bits per heavy atom. The average Bonchev–Trinajstić information content (AvgIpc) is 1.84. The molecule has 0 heterocycles. The Morgan fingerprint density at radius 3 is 2.44 bits per heavy atom. The molecule has 4 heteroatoms. The molecule has 9 heavy (non-hydrogen) atoms. The monoisotopic (exact) mass is 132 g/mol. The summed E-state index contributed by atoms with van der Waals surface area (Å²) in [6.07, 6.45) is 1.18. The number of hydrogen-bond donors (Lipinski definition) is 3. The Bertz CT molecular complexity index is 99.0. The van der Waals surface area contributed by atoms with Gasteiger partial charge < -0.3 is 15.4 Å². The molecule has 0 spiro atoms. The fraction of sp³-hybridized carbons (Fsp3) is 1.00. The van der Waals surface area contributed by atoms with Gasteiger partial charge in [-0.2, -0.15) is 0 Å². The van der Waals surface area contributed by atoms with E-state index in [0.29, 0.717) is 0 Å². The van der Waals surface area contributed by atoms with Crippen molar-refractivity contribution in [1.29, 1.82) is 0 Å². The fourth-order valence-electron chi connectivity index (χ4n) is 1.01. The Balaban J connectivity index is 2.25. The maximum Gasteiger partial charge on any atom is 0.128 e. The number of aliphatic hydroxyl groups is 1. The van der Waals surface area contributed by atoms with Gasteiger partial charge in [0.25, 0.3) is 0 Å². The van der Waals surface area contributed by atoms with Crippen LogP contribution in [0.1, 0.15) is 12.8 Å². The number of nitrogens with one attached hydrogen (secondary N) is 1. The van der Waals surface area contributed by atoms with Crippen LogP contribution >= 0.6 is 0 Å². The zero-order valence-electron chi connectivity index (χ0n) is 5.21. The quantitative estimate of drug-likeness (QED) is 0.295. The van der Waals surface area contributed by atoms with Crippen molar-refractivity contribution in [3.8, 4) is 0 Å². The highest BCUT2D eigenvalue weighted by atomic mass is 16.5. The minimum absolute atomic E-state index is 0.00579. The van der Waals surface area contributed by atoms with Gasteiger partial charge in [0.05, 0.1) is 0 Å². The van der Waals surface area contributed by atoms with E-state index < -0.39 is 6.10 Å². The van der Waals surface area contributed by atoms with Gasteiger partial charge in [-0.25, -0.2) is 0 Å². The molecule has 0 aromatic heterocycles. The topological polar surface area (TPSA) is 73.8 Å². The van der Waals surface area contributed by atoms with Crippen LogP contribution < -0.4 is 10.8 Å². The molecular weight excluding hydrogens is 120 g/mol. The predicted molar refractivity (Wildman–Crippen MR) is 32.4 cm³/mol. The number of hydroxylamine groups is 2. The second kappa shape index (κ2) is 2.62. The van der Waals surface area contributed by atoms with Gasteiger partial charge in [-0.3, -0.25) is 5.73 Å². The molecule has 0 radical (unpaired) electrons. The van der Waals surface area contributed by atoms with Crippen LogP contribution in [0.15, 0.2) is 0 Å². The van der Waals surface area contributed by atoms with Crippen molar-refractivity contribution in [1.82, 2.24) is 0 Å². The number of rotatable bonds is 2. The SMILES string of the molecule is NC[NH+]([O-])C1CCC1O. The molecule has 1 aliphatic carbocycles. The summed E-state index contributed by atoms with van der Waals surface area (Å²) in [7, 11) is 0. The summed E-state index contributed by atoms with van der Waals surface area (Å²) in [5.74, 6) is 0. The second-order valence-corrected chi connectivity index (χ2v) is 2.42. The molecular formula is C5H12N2O2. The Labute approximate surface area is 53.8 Å². The lowest BCUT2D eigenvalue weighted by atomic mass is 9.89. The highest BCUT2D eigenvalue weighted by Crippen LogP contribution is 2.15. The van der Waals surface area contributed by atoms with E-state index in [4.69, 9.17) is 10.8 Å². The van der Waals surface area contributed by atoms with Gasteiger partial charge in [-0.1, -0.05) is 0 Å². The normalized spacial score (nSPS) is 37.7. The van der Waals surface area contributed by atoms with Crippen LogP contribution in [-0.4, -0.2) is 23.9 Å². The minimum Gasteiger partial charge on any atom is -0.633 e. The number of aliphatic hydroxyl groups excluding tert-OH is 1. The van der Waals surface area contributed by atoms with E-state index in [1.807, 2.05) is 0 Å². The molecule has 4 N–H and O–H groups in total. The van der Waals surface area contributed by atoms with E-state index in [1.54, 1.807) is 0 Å². The van der Waals surface area contributed by atoms with Gasteiger partial charge in [-0.15, -0.1) is 0 Å². The maximum absolute atomic E-state index is 10.7. The zero-order valence-corrected chi connectivity index (χ0v) is 5.21. The van der Waals surface area contributed by atoms with Crippen LogP contribution in [-0.2, 0) is 0 Å². The van der Waals surface area contributed by atoms with Crippen molar-refractivity contribution < 1.29 is 10.2 Å². The first-order chi connectivity index (χ1) is 4.25. The largest absolute Gasteiger partial charge is 0.633 e. The van der Waals surface area contributed by atoms with E-state index >= 15 is 0 Å². The smallest absolute Gasteiger partial charge is 0.128 e. The fourth-order valence-corrected chi connectivity index (χ4v) is 1.01. The molecule has 0 aromatic rings. The second-order valence-electron chi connectivity index (χ2n) is 2.42. The summed E-state index contributed by atoms with van der Waals surface area (Å²) in [4.78, 5) is 0. The van der Waals surface area contributed by atoms with Crippen LogP contribution in [0.3, 0.4) is 0 Å². The summed E-state index contributed by atoms with van der Waals surface area (Å²) in [5, 5.41) is 19.6. The molecule has 0 saturated heterocycles. The third kappa shape index (κ3) is 1.21. The zero-order chi connectivity index (χ0) is 6.85. The first-order valence-corrected chi connectivity index (χ1v) is 3.16. The summed E-state index contributed by atoms with van der Waals surface area (Å²) < 4.78 is 0. The van der Waals surface area contributed by atoms with E-state index in [0.717, 1.165) is 12.8 Å². The van der Waals surface area contributed by atoms with Crippen LogP contribution in [0.5, 0.6) is 0 Å². The molecule has 1 rings (SSSR count). The predicted octanol–water partition coefficient (Wildman–Crippen LogP) is -2.19. The van der Waals surface area contributed by atoms with Crippen LogP contribution in [0.4, 0.5) is 0 Å². The molecule has 1 fully saturated rings. The first-order valence-electron chi connectivity index (χ1n) is 3.16.